The fourth-order valence-electron chi connectivity index (χ4n) is 3.25. The number of anilines is 1. The van der Waals surface area contributed by atoms with Crippen molar-refractivity contribution < 1.29 is 4.79 Å². The van der Waals surface area contributed by atoms with E-state index in [1.807, 2.05) is 32.0 Å². The number of carbonyl (C=O) groups is 1. The Labute approximate surface area is 166 Å². The third-order valence-electron chi connectivity index (χ3n) is 4.86. The molecule has 0 aliphatic rings. The van der Waals surface area contributed by atoms with Crippen LogP contribution in [0.25, 0.3) is 10.8 Å². The van der Waals surface area contributed by atoms with E-state index in [0.717, 1.165) is 32.9 Å². The molecule has 6 nitrogen and oxygen atoms in total. The topological polar surface area (TPSA) is 68.9 Å². The molecule has 142 valence electrons. The molecule has 28 heavy (non-hydrogen) atoms. The van der Waals surface area contributed by atoms with E-state index in [0.29, 0.717) is 12.4 Å². The van der Waals surface area contributed by atoms with E-state index < -0.39 is 0 Å². The van der Waals surface area contributed by atoms with Crippen LogP contribution in [-0.2, 0) is 17.9 Å². The van der Waals surface area contributed by atoms with Gasteiger partial charge in [-0.3, -0.25) is 14.2 Å². The standard InChI is InChI=1S/C21H20N4O2S/c1-14-15(2)28-21(27)24(14)13-20(26)23-19-10-11-22-25(19)12-17-8-5-7-16-6-3-4-9-18(16)17/h3-11H,12-13H2,1-2H3,(H,23,26). The third kappa shape index (κ3) is 3.48. The van der Waals surface area contributed by atoms with Gasteiger partial charge in [0, 0.05) is 16.6 Å². The van der Waals surface area contributed by atoms with Gasteiger partial charge in [-0.15, -0.1) is 0 Å². The first-order valence-electron chi connectivity index (χ1n) is 8.98. The van der Waals surface area contributed by atoms with Crippen LogP contribution in [0.1, 0.15) is 16.1 Å². The lowest BCUT2D eigenvalue weighted by Gasteiger charge is -2.11. The Morgan fingerprint density at radius 2 is 1.89 bits per heavy atom. The lowest BCUT2D eigenvalue weighted by molar-refractivity contribution is -0.116. The SMILES string of the molecule is Cc1sc(=O)n(CC(=O)Nc2ccnn2Cc2cccc3ccccc23)c1C. The predicted molar refractivity (Wildman–Crippen MR) is 112 cm³/mol. The molecule has 1 N–H and O–H groups in total. The molecule has 0 unspecified atom stereocenters. The molecule has 0 atom stereocenters. The predicted octanol–water partition coefficient (Wildman–Crippen LogP) is 3.56. The first kappa shape index (κ1) is 18.2. The smallest absolute Gasteiger partial charge is 0.308 e. The van der Waals surface area contributed by atoms with Gasteiger partial charge >= 0.3 is 4.87 Å². The molecule has 0 fully saturated rings. The summed E-state index contributed by atoms with van der Waals surface area (Å²) in [5.41, 5.74) is 1.95. The summed E-state index contributed by atoms with van der Waals surface area (Å²) in [5.74, 6) is 0.359. The van der Waals surface area contributed by atoms with Crippen molar-refractivity contribution in [1.82, 2.24) is 14.3 Å². The molecule has 0 saturated carbocycles. The van der Waals surface area contributed by atoms with Crippen LogP contribution < -0.4 is 10.2 Å². The number of rotatable bonds is 5. The summed E-state index contributed by atoms with van der Waals surface area (Å²) < 4.78 is 3.26. The quantitative estimate of drug-likeness (QED) is 0.565. The second-order valence-electron chi connectivity index (χ2n) is 6.66. The first-order chi connectivity index (χ1) is 13.5. The largest absolute Gasteiger partial charge is 0.309 e. The van der Waals surface area contributed by atoms with Crippen LogP contribution in [0, 0.1) is 13.8 Å². The summed E-state index contributed by atoms with van der Waals surface area (Å²) in [6.07, 6.45) is 1.66. The number of nitrogens with zero attached hydrogens (tertiary/aromatic N) is 3. The number of fused-ring (bicyclic) bond motifs is 1. The van der Waals surface area contributed by atoms with Crippen molar-refractivity contribution in [3.8, 4) is 0 Å². The lowest BCUT2D eigenvalue weighted by Crippen LogP contribution is -2.26. The average molecular weight is 392 g/mol. The van der Waals surface area contributed by atoms with E-state index in [1.165, 1.54) is 9.95 Å². The highest BCUT2D eigenvalue weighted by molar-refractivity contribution is 7.09. The number of benzene rings is 2. The molecular weight excluding hydrogens is 372 g/mol. The number of thiazole rings is 1. The van der Waals surface area contributed by atoms with E-state index >= 15 is 0 Å². The van der Waals surface area contributed by atoms with Gasteiger partial charge in [-0.05, 0) is 30.2 Å². The molecule has 0 aliphatic carbocycles. The zero-order valence-corrected chi connectivity index (χ0v) is 16.5. The number of amides is 1. The summed E-state index contributed by atoms with van der Waals surface area (Å²) in [6, 6.07) is 16.1. The molecule has 0 aliphatic heterocycles. The Kier molecular flexibility index (Phi) is 4.83. The molecule has 0 spiro atoms. The van der Waals surface area contributed by atoms with Gasteiger partial charge in [0.25, 0.3) is 0 Å². The highest BCUT2D eigenvalue weighted by Crippen LogP contribution is 2.20. The van der Waals surface area contributed by atoms with Gasteiger partial charge < -0.3 is 5.32 Å². The van der Waals surface area contributed by atoms with Crippen LogP contribution in [0.15, 0.2) is 59.5 Å². The number of carbonyl (C=O) groups excluding carboxylic acids is 1. The van der Waals surface area contributed by atoms with Crippen molar-refractivity contribution in [3.63, 3.8) is 0 Å². The van der Waals surface area contributed by atoms with Crippen LogP contribution in [0.4, 0.5) is 5.82 Å². The Hall–Kier alpha value is -3.19. The van der Waals surface area contributed by atoms with Gasteiger partial charge in [0.1, 0.15) is 12.4 Å². The maximum Gasteiger partial charge on any atom is 0.308 e. The summed E-state index contributed by atoms with van der Waals surface area (Å²) in [4.78, 5) is 25.3. The molecule has 2 aromatic heterocycles. The van der Waals surface area contributed by atoms with Crippen molar-refractivity contribution in [3.05, 3.63) is 80.5 Å². The molecule has 1 amide bonds. The Bertz CT molecular complexity index is 1210. The van der Waals surface area contributed by atoms with Crippen LogP contribution >= 0.6 is 11.3 Å². The van der Waals surface area contributed by atoms with Crippen molar-refractivity contribution in [2.24, 2.45) is 0 Å². The summed E-state index contributed by atoms with van der Waals surface area (Å²) >= 11 is 1.16. The van der Waals surface area contributed by atoms with E-state index in [4.69, 9.17) is 0 Å². The highest BCUT2D eigenvalue weighted by atomic mass is 32.1. The van der Waals surface area contributed by atoms with Crippen molar-refractivity contribution in [2.45, 2.75) is 26.9 Å². The minimum Gasteiger partial charge on any atom is -0.309 e. The summed E-state index contributed by atoms with van der Waals surface area (Å²) in [6.45, 7) is 4.27. The number of hydrogen-bond acceptors (Lipinski definition) is 4. The fraction of sp³-hybridized carbons (Fsp3) is 0.190. The number of hydrogen-bond donors (Lipinski definition) is 1. The molecule has 2 heterocycles. The molecule has 4 rings (SSSR count). The van der Waals surface area contributed by atoms with Crippen LogP contribution in [0.3, 0.4) is 0 Å². The van der Waals surface area contributed by atoms with E-state index in [-0.39, 0.29) is 17.3 Å². The summed E-state index contributed by atoms with van der Waals surface area (Å²) in [5, 5.41) is 9.56. The van der Waals surface area contributed by atoms with E-state index in [1.54, 1.807) is 16.9 Å². The van der Waals surface area contributed by atoms with Crippen LogP contribution in [0.5, 0.6) is 0 Å². The van der Waals surface area contributed by atoms with Crippen molar-refractivity contribution in [1.29, 1.82) is 0 Å². The van der Waals surface area contributed by atoms with Crippen molar-refractivity contribution >= 4 is 33.8 Å². The Morgan fingerprint density at radius 3 is 2.68 bits per heavy atom. The molecule has 4 aromatic rings. The van der Waals surface area contributed by atoms with Gasteiger partial charge in [-0.1, -0.05) is 53.8 Å². The second-order valence-corrected chi connectivity index (χ2v) is 7.82. The zero-order valence-electron chi connectivity index (χ0n) is 15.7. The first-order valence-corrected chi connectivity index (χ1v) is 9.79. The van der Waals surface area contributed by atoms with E-state index in [2.05, 4.69) is 34.7 Å². The average Bonchev–Trinajstić information content (AvgIpc) is 3.21. The van der Waals surface area contributed by atoms with Gasteiger partial charge in [0.2, 0.25) is 5.91 Å². The van der Waals surface area contributed by atoms with Crippen molar-refractivity contribution in [2.75, 3.05) is 5.32 Å². The summed E-state index contributed by atoms with van der Waals surface area (Å²) in [7, 11) is 0. The van der Waals surface area contributed by atoms with Gasteiger partial charge in [-0.2, -0.15) is 5.10 Å². The van der Waals surface area contributed by atoms with Gasteiger partial charge in [0.05, 0.1) is 12.7 Å². The second kappa shape index (κ2) is 7.44. The highest BCUT2D eigenvalue weighted by Gasteiger charge is 2.13. The van der Waals surface area contributed by atoms with Crippen LogP contribution in [-0.4, -0.2) is 20.3 Å². The molecule has 2 aromatic carbocycles. The molecule has 0 radical (unpaired) electrons. The van der Waals surface area contributed by atoms with Gasteiger partial charge in [-0.25, -0.2) is 4.68 Å². The minimum atomic E-state index is -0.248. The van der Waals surface area contributed by atoms with Crippen LogP contribution in [0.2, 0.25) is 0 Å². The molecular formula is C21H20N4O2S. The lowest BCUT2D eigenvalue weighted by atomic mass is 10.0. The maximum absolute atomic E-state index is 12.5. The fourth-order valence-corrected chi connectivity index (χ4v) is 4.08. The molecule has 0 saturated heterocycles. The normalized spacial score (nSPS) is 11.1. The Balaban J connectivity index is 1.54. The van der Waals surface area contributed by atoms with E-state index in [9.17, 15) is 9.59 Å². The monoisotopic (exact) mass is 392 g/mol. The number of nitrogens with one attached hydrogen (secondary N) is 1. The Morgan fingerprint density at radius 1 is 1.11 bits per heavy atom. The molecule has 7 heteroatoms. The van der Waals surface area contributed by atoms with Gasteiger partial charge in [0.15, 0.2) is 0 Å². The maximum atomic E-state index is 12.5. The number of aryl methyl sites for hydroxylation is 1. The minimum absolute atomic E-state index is 0.00550. The third-order valence-corrected chi connectivity index (χ3v) is 5.86. The molecule has 0 bridgehead atoms. The number of aromatic nitrogens is 3. The zero-order chi connectivity index (χ0) is 19.7.